The van der Waals surface area contributed by atoms with Gasteiger partial charge < -0.3 is 19.2 Å². The Kier molecular flexibility index (Phi) is 5.98. The number of aryl methyl sites for hydroxylation is 1. The Labute approximate surface area is 181 Å². The molecule has 162 valence electrons. The summed E-state index contributed by atoms with van der Waals surface area (Å²) < 4.78 is 16.4. The lowest BCUT2D eigenvalue weighted by molar-refractivity contribution is -0.120. The maximum absolute atomic E-state index is 13.1. The van der Waals surface area contributed by atoms with Crippen molar-refractivity contribution in [2.24, 2.45) is 5.92 Å². The van der Waals surface area contributed by atoms with Crippen molar-refractivity contribution in [3.8, 4) is 11.5 Å². The summed E-state index contributed by atoms with van der Waals surface area (Å²) in [5, 5.41) is 3.84. The lowest BCUT2D eigenvalue weighted by Gasteiger charge is -2.20. The first kappa shape index (κ1) is 21.0. The summed E-state index contributed by atoms with van der Waals surface area (Å²) in [6.45, 7) is 1.85. The van der Waals surface area contributed by atoms with E-state index in [0.29, 0.717) is 22.6 Å². The van der Waals surface area contributed by atoms with Crippen molar-refractivity contribution in [3.63, 3.8) is 0 Å². The summed E-state index contributed by atoms with van der Waals surface area (Å²) in [5.41, 5.74) is 2.52. The van der Waals surface area contributed by atoms with Crippen molar-refractivity contribution >= 4 is 28.3 Å². The van der Waals surface area contributed by atoms with Gasteiger partial charge >= 0.3 is 0 Å². The van der Waals surface area contributed by atoms with Crippen LogP contribution in [0, 0.1) is 12.8 Å². The van der Waals surface area contributed by atoms with Crippen LogP contribution < -0.4 is 14.8 Å². The van der Waals surface area contributed by atoms with E-state index >= 15 is 0 Å². The fraction of sp³-hybridized carbons (Fsp3) is 0.360. The largest absolute Gasteiger partial charge is 0.493 e. The van der Waals surface area contributed by atoms with Crippen LogP contribution in [-0.2, 0) is 4.79 Å². The van der Waals surface area contributed by atoms with Gasteiger partial charge in [-0.15, -0.1) is 0 Å². The summed E-state index contributed by atoms with van der Waals surface area (Å²) in [6.07, 6.45) is 5.32. The van der Waals surface area contributed by atoms with E-state index < -0.39 is 0 Å². The molecule has 1 saturated carbocycles. The second-order valence-corrected chi connectivity index (χ2v) is 7.99. The molecule has 0 radical (unpaired) electrons. The van der Waals surface area contributed by atoms with Crippen LogP contribution in [0.15, 0.2) is 40.8 Å². The minimum absolute atomic E-state index is 0.0711. The zero-order valence-electron chi connectivity index (χ0n) is 18.1. The monoisotopic (exact) mass is 421 g/mol. The standard InChI is InChI=1S/C25H27NO5/c1-15-19-14-18(26-25(28)16-7-5-4-6-8-16)10-12-20(19)31-24(15)23(27)17-9-11-21(29-2)22(13-17)30-3/h9-14,16H,4-8H2,1-3H3,(H,26,28). The molecule has 0 unspecified atom stereocenters. The van der Waals surface area contributed by atoms with Gasteiger partial charge in [0.25, 0.3) is 0 Å². The number of hydrogen-bond acceptors (Lipinski definition) is 5. The van der Waals surface area contributed by atoms with Crippen molar-refractivity contribution in [1.29, 1.82) is 0 Å². The molecule has 0 spiro atoms. The van der Waals surface area contributed by atoms with Crippen molar-refractivity contribution in [1.82, 2.24) is 0 Å². The average Bonchev–Trinajstić information content (AvgIpc) is 3.14. The number of amides is 1. The molecule has 1 fully saturated rings. The first-order valence-electron chi connectivity index (χ1n) is 10.6. The fourth-order valence-corrected chi connectivity index (χ4v) is 4.23. The summed E-state index contributed by atoms with van der Waals surface area (Å²) >= 11 is 0. The number of ether oxygens (including phenoxy) is 2. The lowest BCUT2D eigenvalue weighted by Crippen LogP contribution is -2.24. The topological polar surface area (TPSA) is 77.8 Å². The predicted octanol–water partition coefficient (Wildman–Crippen LogP) is 5.51. The fourth-order valence-electron chi connectivity index (χ4n) is 4.23. The Morgan fingerprint density at radius 1 is 0.968 bits per heavy atom. The zero-order valence-corrected chi connectivity index (χ0v) is 18.1. The number of nitrogens with one attached hydrogen (secondary N) is 1. The number of methoxy groups -OCH3 is 2. The molecule has 2 aromatic carbocycles. The third kappa shape index (κ3) is 4.15. The van der Waals surface area contributed by atoms with Crippen molar-refractivity contribution in [2.45, 2.75) is 39.0 Å². The summed E-state index contributed by atoms with van der Waals surface area (Å²) in [7, 11) is 3.08. The number of benzene rings is 2. The first-order chi connectivity index (χ1) is 15.0. The molecule has 1 aliphatic rings. The van der Waals surface area contributed by atoms with Crippen LogP contribution in [0.4, 0.5) is 5.69 Å². The van der Waals surface area contributed by atoms with E-state index in [4.69, 9.17) is 13.9 Å². The van der Waals surface area contributed by atoms with Crippen molar-refractivity contribution in [2.75, 3.05) is 19.5 Å². The lowest BCUT2D eigenvalue weighted by atomic mass is 9.88. The number of rotatable bonds is 6. The van der Waals surface area contributed by atoms with Gasteiger partial charge in [-0.05, 0) is 56.2 Å². The van der Waals surface area contributed by atoms with E-state index in [1.165, 1.54) is 13.5 Å². The van der Waals surface area contributed by atoms with Gasteiger partial charge in [0.1, 0.15) is 5.58 Å². The van der Waals surface area contributed by atoms with E-state index in [1.54, 1.807) is 31.4 Å². The Bertz CT molecular complexity index is 1120. The molecule has 0 atom stereocenters. The molecule has 1 aromatic heterocycles. The van der Waals surface area contributed by atoms with Crippen LogP contribution in [0.25, 0.3) is 11.0 Å². The molecule has 6 nitrogen and oxygen atoms in total. The van der Waals surface area contributed by atoms with E-state index in [0.717, 1.165) is 42.3 Å². The highest BCUT2D eigenvalue weighted by atomic mass is 16.5. The van der Waals surface area contributed by atoms with E-state index in [2.05, 4.69) is 5.32 Å². The SMILES string of the molecule is COc1ccc(C(=O)c2oc3ccc(NC(=O)C4CCCCC4)cc3c2C)cc1OC. The Morgan fingerprint density at radius 2 is 1.71 bits per heavy atom. The van der Waals surface area contributed by atoms with E-state index in [-0.39, 0.29) is 23.4 Å². The van der Waals surface area contributed by atoms with Crippen LogP contribution >= 0.6 is 0 Å². The molecule has 6 heteroatoms. The number of ketones is 1. The third-order valence-corrected chi connectivity index (χ3v) is 6.03. The van der Waals surface area contributed by atoms with Gasteiger partial charge in [-0.2, -0.15) is 0 Å². The van der Waals surface area contributed by atoms with Gasteiger partial charge in [0.15, 0.2) is 17.3 Å². The number of furan rings is 1. The number of anilines is 1. The van der Waals surface area contributed by atoms with E-state index in [1.807, 2.05) is 19.1 Å². The number of fused-ring (bicyclic) bond motifs is 1. The van der Waals surface area contributed by atoms with Gasteiger partial charge in [-0.1, -0.05) is 19.3 Å². The van der Waals surface area contributed by atoms with Gasteiger partial charge in [-0.25, -0.2) is 0 Å². The predicted molar refractivity (Wildman–Crippen MR) is 119 cm³/mol. The molecule has 3 aromatic rings. The van der Waals surface area contributed by atoms with Gasteiger partial charge in [-0.3, -0.25) is 9.59 Å². The normalized spacial score (nSPS) is 14.4. The average molecular weight is 421 g/mol. The van der Waals surface area contributed by atoms with Crippen molar-refractivity contribution < 1.29 is 23.5 Å². The highest BCUT2D eigenvalue weighted by molar-refractivity contribution is 6.11. The second-order valence-electron chi connectivity index (χ2n) is 7.99. The minimum Gasteiger partial charge on any atom is -0.493 e. The summed E-state index contributed by atoms with van der Waals surface area (Å²) in [4.78, 5) is 25.7. The van der Waals surface area contributed by atoms with Crippen LogP contribution in [0.2, 0.25) is 0 Å². The maximum Gasteiger partial charge on any atom is 0.228 e. The number of carbonyl (C=O) groups excluding carboxylic acids is 2. The third-order valence-electron chi connectivity index (χ3n) is 6.03. The van der Waals surface area contributed by atoms with Gasteiger partial charge in [0.05, 0.1) is 14.2 Å². The molecule has 1 aliphatic carbocycles. The molecule has 31 heavy (non-hydrogen) atoms. The van der Waals surface area contributed by atoms with Gasteiger partial charge in [0, 0.05) is 28.1 Å². The molecule has 4 rings (SSSR count). The molecule has 1 heterocycles. The van der Waals surface area contributed by atoms with Crippen LogP contribution in [0.5, 0.6) is 11.5 Å². The Hall–Kier alpha value is -3.28. The van der Waals surface area contributed by atoms with E-state index in [9.17, 15) is 9.59 Å². The summed E-state index contributed by atoms with van der Waals surface area (Å²) in [5.74, 6) is 1.23. The highest BCUT2D eigenvalue weighted by Gasteiger charge is 2.23. The Morgan fingerprint density at radius 3 is 2.42 bits per heavy atom. The smallest absolute Gasteiger partial charge is 0.228 e. The van der Waals surface area contributed by atoms with Crippen LogP contribution in [0.1, 0.15) is 53.8 Å². The summed E-state index contributed by atoms with van der Waals surface area (Å²) in [6, 6.07) is 10.5. The quantitative estimate of drug-likeness (QED) is 0.531. The molecule has 0 aliphatic heterocycles. The Balaban J connectivity index is 1.60. The molecule has 1 N–H and O–H groups in total. The molecule has 1 amide bonds. The van der Waals surface area contributed by atoms with Crippen LogP contribution in [0.3, 0.4) is 0 Å². The zero-order chi connectivity index (χ0) is 22.0. The second kappa shape index (κ2) is 8.84. The molecular formula is C25H27NO5. The van der Waals surface area contributed by atoms with Crippen LogP contribution in [-0.4, -0.2) is 25.9 Å². The molecule has 0 bridgehead atoms. The number of hydrogen-bond donors (Lipinski definition) is 1. The highest BCUT2D eigenvalue weighted by Crippen LogP contribution is 2.33. The number of carbonyl (C=O) groups is 2. The first-order valence-corrected chi connectivity index (χ1v) is 10.6. The minimum atomic E-state index is -0.234. The molecular weight excluding hydrogens is 394 g/mol. The van der Waals surface area contributed by atoms with Crippen molar-refractivity contribution in [3.05, 3.63) is 53.3 Å². The van der Waals surface area contributed by atoms with Gasteiger partial charge in [0.2, 0.25) is 11.7 Å². The molecule has 0 saturated heterocycles. The maximum atomic E-state index is 13.1.